The molecule has 3 heterocycles. The Labute approximate surface area is 161 Å². The molecule has 0 bridgehead atoms. The zero-order chi connectivity index (χ0) is 20.0. The highest BCUT2D eigenvalue weighted by atomic mass is 35.5. The van der Waals surface area contributed by atoms with E-state index in [1.54, 1.807) is 6.92 Å². The number of sulfone groups is 1. The van der Waals surface area contributed by atoms with E-state index < -0.39 is 38.8 Å². The van der Waals surface area contributed by atoms with Crippen molar-refractivity contribution in [2.24, 2.45) is 0 Å². The van der Waals surface area contributed by atoms with Crippen LogP contribution in [-0.4, -0.2) is 51.7 Å². The molecular formula is C14H14ClF3N4O3S2. The van der Waals surface area contributed by atoms with E-state index in [1.807, 2.05) is 0 Å². The first-order chi connectivity index (χ1) is 12.5. The smallest absolute Gasteiger partial charge is 0.351 e. The highest BCUT2D eigenvalue weighted by Crippen LogP contribution is 2.33. The van der Waals surface area contributed by atoms with Crippen LogP contribution >= 0.6 is 23.4 Å². The molecule has 0 spiro atoms. The second-order valence-corrected chi connectivity index (χ2v) is 10.1. The summed E-state index contributed by atoms with van der Waals surface area (Å²) in [6, 6.07) is 0.295. The van der Waals surface area contributed by atoms with E-state index in [0.29, 0.717) is 6.42 Å². The Morgan fingerprint density at radius 3 is 2.74 bits per heavy atom. The van der Waals surface area contributed by atoms with Crippen molar-refractivity contribution in [2.75, 3.05) is 11.5 Å². The number of rotatable bonds is 4. The molecule has 148 valence electrons. The Morgan fingerprint density at radius 1 is 1.44 bits per heavy atom. The first-order valence-electron chi connectivity index (χ1n) is 7.75. The van der Waals surface area contributed by atoms with Gasteiger partial charge in [0.2, 0.25) is 5.91 Å². The standard InChI is InChI=1S/C14H14ClF3N4O3S2/c1-7(12(23)19-9-2-3-27(24,25)6-9)26-13-21-20-11-10(15)4-8(5-22(11)13)14(16,17)18/h4-5,7,9H,2-3,6H2,1H3,(H,19,23). The summed E-state index contributed by atoms with van der Waals surface area (Å²) in [5, 5.41) is 9.33. The third-order valence-electron chi connectivity index (χ3n) is 3.99. The van der Waals surface area contributed by atoms with Crippen LogP contribution in [0.25, 0.3) is 5.65 Å². The lowest BCUT2D eigenvalue weighted by molar-refractivity contribution is -0.137. The molecule has 27 heavy (non-hydrogen) atoms. The first kappa shape index (κ1) is 20.2. The van der Waals surface area contributed by atoms with Crippen molar-refractivity contribution >= 4 is 44.8 Å². The van der Waals surface area contributed by atoms with Crippen molar-refractivity contribution in [3.05, 3.63) is 22.8 Å². The molecule has 2 aromatic heterocycles. The topological polar surface area (TPSA) is 93.4 Å². The van der Waals surface area contributed by atoms with E-state index in [1.165, 1.54) is 0 Å². The number of carbonyl (C=O) groups excluding carboxylic acids is 1. The average molecular weight is 443 g/mol. The number of carbonyl (C=O) groups is 1. The molecular weight excluding hydrogens is 429 g/mol. The molecule has 1 aliphatic heterocycles. The summed E-state index contributed by atoms with van der Waals surface area (Å²) < 4.78 is 62.9. The number of nitrogens with zero attached hydrogens (tertiary/aromatic N) is 3. The molecule has 0 aromatic carbocycles. The quantitative estimate of drug-likeness (QED) is 0.729. The minimum Gasteiger partial charge on any atom is -0.351 e. The number of thioether (sulfide) groups is 1. The van der Waals surface area contributed by atoms with E-state index in [0.717, 1.165) is 28.4 Å². The highest BCUT2D eigenvalue weighted by molar-refractivity contribution is 8.00. The molecule has 1 aliphatic rings. The normalized spacial score (nSPS) is 20.7. The van der Waals surface area contributed by atoms with Crippen LogP contribution in [0, 0.1) is 0 Å². The van der Waals surface area contributed by atoms with E-state index in [9.17, 15) is 26.4 Å². The van der Waals surface area contributed by atoms with Crippen LogP contribution in [0.15, 0.2) is 17.4 Å². The highest BCUT2D eigenvalue weighted by Gasteiger charge is 2.33. The van der Waals surface area contributed by atoms with Gasteiger partial charge in [0.05, 0.1) is 27.3 Å². The van der Waals surface area contributed by atoms with Gasteiger partial charge >= 0.3 is 6.18 Å². The lowest BCUT2D eigenvalue weighted by atomic mass is 10.2. The number of amides is 1. The van der Waals surface area contributed by atoms with Crippen LogP contribution in [0.1, 0.15) is 18.9 Å². The van der Waals surface area contributed by atoms with E-state index >= 15 is 0 Å². The zero-order valence-electron chi connectivity index (χ0n) is 13.8. The van der Waals surface area contributed by atoms with Gasteiger partial charge in [-0.3, -0.25) is 9.20 Å². The van der Waals surface area contributed by atoms with Crippen molar-refractivity contribution in [2.45, 2.75) is 36.0 Å². The van der Waals surface area contributed by atoms with Crippen molar-refractivity contribution < 1.29 is 26.4 Å². The summed E-state index contributed by atoms with van der Waals surface area (Å²) in [4.78, 5) is 12.3. The number of hydrogen-bond donors (Lipinski definition) is 1. The van der Waals surface area contributed by atoms with Crippen molar-refractivity contribution in [1.82, 2.24) is 19.9 Å². The second-order valence-electron chi connectivity index (χ2n) is 6.12. The average Bonchev–Trinajstić information content (AvgIpc) is 3.10. The minimum absolute atomic E-state index is 0.0208. The molecule has 2 unspecified atom stereocenters. The molecule has 13 heteroatoms. The molecule has 1 fully saturated rings. The van der Waals surface area contributed by atoms with Gasteiger partial charge in [0.15, 0.2) is 20.6 Å². The maximum Gasteiger partial charge on any atom is 0.417 e. The molecule has 7 nitrogen and oxygen atoms in total. The zero-order valence-corrected chi connectivity index (χ0v) is 16.2. The van der Waals surface area contributed by atoms with Gasteiger partial charge in [-0.25, -0.2) is 8.42 Å². The molecule has 2 atom stereocenters. The number of halogens is 4. The first-order valence-corrected chi connectivity index (χ1v) is 10.8. The van der Waals surface area contributed by atoms with E-state index in [2.05, 4.69) is 15.5 Å². The Hall–Kier alpha value is -1.53. The van der Waals surface area contributed by atoms with Crippen molar-refractivity contribution in [1.29, 1.82) is 0 Å². The van der Waals surface area contributed by atoms with E-state index in [4.69, 9.17) is 11.6 Å². The summed E-state index contributed by atoms with van der Waals surface area (Å²) in [5.74, 6) is -0.529. The number of aromatic nitrogens is 3. The number of alkyl halides is 3. The van der Waals surface area contributed by atoms with Crippen LogP contribution in [0.3, 0.4) is 0 Å². The van der Waals surface area contributed by atoms with Crippen LogP contribution < -0.4 is 5.32 Å². The monoisotopic (exact) mass is 442 g/mol. The minimum atomic E-state index is -4.60. The number of pyridine rings is 1. The van der Waals surface area contributed by atoms with Gasteiger partial charge in [-0.1, -0.05) is 23.4 Å². The Morgan fingerprint density at radius 2 is 2.15 bits per heavy atom. The van der Waals surface area contributed by atoms with Gasteiger partial charge in [0.25, 0.3) is 0 Å². The summed E-state index contributed by atoms with van der Waals surface area (Å²) in [6.07, 6.45) is -3.44. The molecule has 0 saturated carbocycles. The molecule has 3 rings (SSSR count). The van der Waals surface area contributed by atoms with Crippen LogP contribution in [0.5, 0.6) is 0 Å². The fourth-order valence-corrected chi connectivity index (χ4v) is 5.36. The SMILES string of the molecule is CC(Sc1nnc2c(Cl)cc(C(F)(F)F)cn12)C(=O)NC1CCS(=O)(=O)C1. The summed E-state index contributed by atoms with van der Waals surface area (Å²) in [6.45, 7) is 1.54. The molecule has 0 radical (unpaired) electrons. The Kier molecular flexibility index (Phi) is 5.34. The molecule has 1 N–H and O–H groups in total. The lowest BCUT2D eigenvalue weighted by Gasteiger charge is -2.15. The van der Waals surface area contributed by atoms with Crippen molar-refractivity contribution in [3.63, 3.8) is 0 Å². The van der Waals surface area contributed by atoms with Gasteiger partial charge in [0, 0.05) is 12.2 Å². The lowest BCUT2D eigenvalue weighted by Crippen LogP contribution is -2.40. The fraction of sp³-hybridized carbons (Fsp3) is 0.500. The van der Waals surface area contributed by atoms with E-state index in [-0.39, 0.29) is 27.3 Å². The number of fused-ring (bicyclic) bond motifs is 1. The third-order valence-corrected chi connectivity index (χ3v) is 7.09. The van der Waals surface area contributed by atoms with Gasteiger partial charge < -0.3 is 5.32 Å². The third kappa shape index (κ3) is 4.49. The maximum absolute atomic E-state index is 13.0. The van der Waals surface area contributed by atoms with Crippen molar-refractivity contribution in [3.8, 4) is 0 Å². The largest absolute Gasteiger partial charge is 0.417 e. The van der Waals surface area contributed by atoms with Gasteiger partial charge in [-0.15, -0.1) is 10.2 Å². The van der Waals surface area contributed by atoms with Crippen LogP contribution in [-0.2, 0) is 20.8 Å². The maximum atomic E-state index is 13.0. The Balaban J connectivity index is 1.77. The Bertz CT molecular complexity index is 993. The summed E-state index contributed by atoms with van der Waals surface area (Å²) >= 11 is 6.75. The van der Waals surface area contributed by atoms with Crippen LogP contribution in [0.4, 0.5) is 13.2 Å². The summed E-state index contributed by atoms with van der Waals surface area (Å²) in [7, 11) is -3.14. The van der Waals surface area contributed by atoms with Crippen LogP contribution in [0.2, 0.25) is 5.02 Å². The molecule has 2 aromatic rings. The number of nitrogens with one attached hydrogen (secondary N) is 1. The predicted octanol–water partition coefficient (Wildman–Crippen LogP) is 2.19. The second kappa shape index (κ2) is 7.13. The number of hydrogen-bond acceptors (Lipinski definition) is 6. The van der Waals surface area contributed by atoms with Gasteiger partial charge in [0.1, 0.15) is 0 Å². The predicted molar refractivity (Wildman–Crippen MR) is 93.5 cm³/mol. The fourth-order valence-electron chi connectivity index (χ4n) is 2.61. The molecule has 0 aliphatic carbocycles. The van der Waals surface area contributed by atoms with Gasteiger partial charge in [-0.2, -0.15) is 13.2 Å². The molecule has 1 amide bonds. The molecule has 1 saturated heterocycles. The summed E-state index contributed by atoms with van der Waals surface area (Å²) in [5.41, 5.74) is -0.920. The van der Waals surface area contributed by atoms with Gasteiger partial charge in [-0.05, 0) is 19.4 Å².